The number of fused-ring (bicyclic) bond motifs is 2. The highest BCUT2D eigenvalue weighted by Gasteiger charge is 2.13. The van der Waals surface area contributed by atoms with Crippen molar-refractivity contribution < 1.29 is 14.6 Å². The summed E-state index contributed by atoms with van der Waals surface area (Å²) >= 11 is 6.01. The van der Waals surface area contributed by atoms with E-state index in [0.717, 1.165) is 10.8 Å². The summed E-state index contributed by atoms with van der Waals surface area (Å²) in [6, 6.07) is 21.3. The van der Waals surface area contributed by atoms with Crippen molar-refractivity contribution in [2.75, 3.05) is 0 Å². The zero-order valence-electron chi connectivity index (χ0n) is 15.6. The molecule has 5 nitrogen and oxygen atoms in total. The Morgan fingerprint density at radius 1 is 0.900 bits per heavy atom. The van der Waals surface area contributed by atoms with Gasteiger partial charge in [-0.05, 0) is 53.2 Å². The minimum atomic E-state index is 0.0274. The molecule has 0 radical (unpaired) electrons. The van der Waals surface area contributed by atoms with Crippen LogP contribution in [-0.4, -0.2) is 21.4 Å². The second kappa shape index (κ2) is 7.21. The van der Waals surface area contributed by atoms with Crippen LogP contribution < -0.4 is 0 Å². The lowest BCUT2D eigenvalue weighted by Gasteiger charge is -2.05. The summed E-state index contributed by atoms with van der Waals surface area (Å²) in [4.78, 5) is 8.91. The molecule has 1 aromatic heterocycles. The molecule has 4 aromatic carbocycles. The van der Waals surface area contributed by atoms with Gasteiger partial charge in [0.1, 0.15) is 17.0 Å². The van der Waals surface area contributed by atoms with Gasteiger partial charge in [0.25, 0.3) is 0 Å². The Bertz CT molecular complexity index is 1440. The number of aromatic hydroxyl groups is 2. The molecule has 0 aliphatic heterocycles. The van der Waals surface area contributed by atoms with Gasteiger partial charge in [0.2, 0.25) is 5.89 Å². The standard InChI is InChI=1S/C24H15ClN2O3/c25-15-6-10-23-20(11-15)27-24(30-23)18-12-16(7-9-21(18)28)26-13-19-17-4-2-1-3-14(17)5-8-22(19)29/h1-13,28-29H. The summed E-state index contributed by atoms with van der Waals surface area (Å²) in [7, 11) is 0. The molecule has 0 unspecified atom stereocenters. The normalized spacial score (nSPS) is 11.6. The predicted octanol–water partition coefficient (Wildman–Crippen LogP) is 6.46. The Morgan fingerprint density at radius 3 is 2.63 bits per heavy atom. The first-order chi connectivity index (χ1) is 14.6. The average molecular weight is 415 g/mol. The van der Waals surface area contributed by atoms with Gasteiger partial charge in [-0.1, -0.05) is 41.9 Å². The van der Waals surface area contributed by atoms with Crippen molar-refractivity contribution in [2.45, 2.75) is 0 Å². The maximum atomic E-state index is 10.3. The van der Waals surface area contributed by atoms with E-state index in [1.165, 1.54) is 6.07 Å². The van der Waals surface area contributed by atoms with Crippen LogP contribution in [0.2, 0.25) is 5.02 Å². The van der Waals surface area contributed by atoms with Gasteiger partial charge in [-0.25, -0.2) is 4.98 Å². The Hall–Kier alpha value is -3.83. The summed E-state index contributed by atoms with van der Waals surface area (Å²) in [5.74, 6) is 0.446. The molecule has 0 aliphatic rings. The summed E-state index contributed by atoms with van der Waals surface area (Å²) in [5, 5.41) is 23.1. The number of aliphatic imine (C=N–C) groups is 1. The minimum absolute atomic E-state index is 0.0274. The van der Waals surface area contributed by atoms with E-state index in [9.17, 15) is 10.2 Å². The lowest BCUT2D eigenvalue weighted by atomic mass is 10.0. The lowest BCUT2D eigenvalue weighted by molar-refractivity contribution is 0.474. The molecule has 1 heterocycles. The van der Waals surface area contributed by atoms with E-state index in [-0.39, 0.29) is 17.4 Å². The molecule has 30 heavy (non-hydrogen) atoms. The topological polar surface area (TPSA) is 78.9 Å². The largest absolute Gasteiger partial charge is 0.507 e. The van der Waals surface area contributed by atoms with Crippen LogP contribution in [0.4, 0.5) is 5.69 Å². The number of phenolic OH excluding ortho intramolecular Hbond substituents is 2. The molecule has 6 heteroatoms. The first-order valence-electron chi connectivity index (χ1n) is 9.23. The summed E-state index contributed by atoms with van der Waals surface area (Å²) in [6.07, 6.45) is 1.61. The second-order valence-electron chi connectivity index (χ2n) is 6.81. The molecular formula is C24H15ClN2O3. The highest BCUT2D eigenvalue weighted by molar-refractivity contribution is 6.31. The number of halogens is 1. The van der Waals surface area contributed by atoms with Gasteiger partial charge >= 0.3 is 0 Å². The monoisotopic (exact) mass is 414 g/mol. The van der Waals surface area contributed by atoms with Gasteiger partial charge < -0.3 is 14.6 Å². The Kier molecular flexibility index (Phi) is 4.38. The molecule has 2 N–H and O–H groups in total. The Labute approximate surface area is 176 Å². The lowest BCUT2D eigenvalue weighted by Crippen LogP contribution is -1.86. The van der Waals surface area contributed by atoms with Crippen molar-refractivity contribution in [2.24, 2.45) is 4.99 Å². The van der Waals surface area contributed by atoms with Crippen LogP contribution in [0.1, 0.15) is 5.56 Å². The van der Waals surface area contributed by atoms with Crippen LogP contribution in [-0.2, 0) is 0 Å². The van der Waals surface area contributed by atoms with E-state index < -0.39 is 0 Å². The van der Waals surface area contributed by atoms with Crippen molar-refractivity contribution in [3.8, 4) is 23.0 Å². The van der Waals surface area contributed by atoms with Crippen molar-refractivity contribution in [1.82, 2.24) is 4.98 Å². The molecule has 0 amide bonds. The summed E-state index contributed by atoms with van der Waals surface area (Å²) < 4.78 is 5.76. The van der Waals surface area contributed by atoms with E-state index in [1.807, 2.05) is 30.3 Å². The van der Waals surface area contributed by atoms with E-state index in [0.29, 0.717) is 32.9 Å². The molecule has 5 rings (SSSR count). The summed E-state index contributed by atoms with van der Waals surface area (Å²) in [5.41, 5.74) is 2.80. The molecule has 0 bridgehead atoms. The third-order valence-corrected chi connectivity index (χ3v) is 5.09. The van der Waals surface area contributed by atoms with Crippen LogP contribution in [0.5, 0.6) is 11.5 Å². The zero-order chi connectivity index (χ0) is 20.7. The van der Waals surface area contributed by atoms with Gasteiger partial charge in [0.15, 0.2) is 5.58 Å². The van der Waals surface area contributed by atoms with E-state index in [2.05, 4.69) is 9.98 Å². The van der Waals surface area contributed by atoms with Crippen LogP contribution >= 0.6 is 11.6 Å². The third kappa shape index (κ3) is 3.25. The van der Waals surface area contributed by atoms with Gasteiger partial charge in [0.05, 0.1) is 11.3 Å². The summed E-state index contributed by atoms with van der Waals surface area (Å²) in [6.45, 7) is 0. The van der Waals surface area contributed by atoms with Gasteiger partial charge in [0, 0.05) is 16.8 Å². The fourth-order valence-corrected chi connectivity index (χ4v) is 3.52. The van der Waals surface area contributed by atoms with Gasteiger partial charge in [-0.3, -0.25) is 4.99 Å². The molecule has 0 fully saturated rings. The number of oxazole rings is 1. The molecule has 0 saturated carbocycles. The van der Waals surface area contributed by atoms with Crippen molar-refractivity contribution in [1.29, 1.82) is 0 Å². The highest BCUT2D eigenvalue weighted by atomic mass is 35.5. The highest BCUT2D eigenvalue weighted by Crippen LogP contribution is 2.35. The number of phenols is 2. The van der Waals surface area contributed by atoms with Gasteiger partial charge in [-0.2, -0.15) is 0 Å². The van der Waals surface area contributed by atoms with Crippen LogP contribution in [0.15, 0.2) is 82.2 Å². The molecule has 5 aromatic rings. The average Bonchev–Trinajstić information content (AvgIpc) is 3.17. The first kappa shape index (κ1) is 18.2. The molecule has 146 valence electrons. The number of hydrogen-bond acceptors (Lipinski definition) is 5. The van der Waals surface area contributed by atoms with Crippen LogP contribution in [0.3, 0.4) is 0 Å². The smallest absolute Gasteiger partial charge is 0.231 e. The second-order valence-corrected chi connectivity index (χ2v) is 7.25. The number of rotatable bonds is 3. The number of aromatic nitrogens is 1. The maximum Gasteiger partial charge on any atom is 0.231 e. The molecule has 0 atom stereocenters. The molecule has 0 aliphatic carbocycles. The van der Waals surface area contributed by atoms with Gasteiger partial charge in [-0.15, -0.1) is 0 Å². The van der Waals surface area contributed by atoms with Crippen molar-refractivity contribution >= 4 is 45.4 Å². The Morgan fingerprint density at radius 2 is 1.73 bits per heavy atom. The number of hydrogen-bond donors (Lipinski definition) is 2. The van der Waals surface area contributed by atoms with E-state index in [4.69, 9.17) is 16.0 Å². The maximum absolute atomic E-state index is 10.3. The number of benzene rings is 4. The molecule has 0 spiro atoms. The third-order valence-electron chi connectivity index (χ3n) is 4.85. The fourth-order valence-electron chi connectivity index (χ4n) is 3.35. The van der Waals surface area contributed by atoms with Crippen molar-refractivity contribution in [3.05, 3.63) is 83.4 Å². The van der Waals surface area contributed by atoms with E-state index >= 15 is 0 Å². The quantitative estimate of drug-likeness (QED) is 0.332. The Balaban J connectivity index is 1.56. The van der Waals surface area contributed by atoms with Crippen molar-refractivity contribution in [3.63, 3.8) is 0 Å². The fraction of sp³-hybridized carbons (Fsp3) is 0. The first-order valence-corrected chi connectivity index (χ1v) is 9.60. The minimum Gasteiger partial charge on any atom is -0.507 e. The zero-order valence-corrected chi connectivity index (χ0v) is 16.3. The SMILES string of the molecule is Oc1ccc(N=Cc2c(O)ccc3ccccc23)cc1-c1nc2cc(Cl)ccc2o1. The molecule has 0 saturated heterocycles. The van der Waals surface area contributed by atoms with Crippen LogP contribution in [0, 0.1) is 0 Å². The number of nitrogens with zero attached hydrogens (tertiary/aromatic N) is 2. The van der Waals surface area contributed by atoms with Crippen LogP contribution in [0.25, 0.3) is 33.3 Å². The predicted molar refractivity (Wildman–Crippen MR) is 119 cm³/mol. The molecular weight excluding hydrogens is 400 g/mol. The van der Waals surface area contributed by atoms with E-state index in [1.54, 1.807) is 42.6 Å².